The maximum atomic E-state index is 10.8. The number of nitrogens with zero attached hydrogens (tertiary/aromatic N) is 4. The Balaban J connectivity index is 1.95. The molecular weight excluding hydrogens is 356 g/mol. The first-order valence-corrected chi connectivity index (χ1v) is 8.58. The number of carbonyl (C=O) groups excluding carboxylic acids is 1. The SMILES string of the molecule is COc1ccc(/C=N\n2c(SCC(=O)[O-])nnc2-c2ccoc2C)cc1. The van der Waals surface area contributed by atoms with E-state index in [1.54, 1.807) is 32.6 Å². The van der Waals surface area contributed by atoms with Crippen LogP contribution >= 0.6 is 11.8 Å². The average Bonchev–Trinajstić information content (AvgIpc) is 3.24. The second-order valence-corrected chi connectivity index (χ2v) is 6.13. The maximum Gasteiger partial charge on any atom is 0.212 e. The molecule has 2 aromatic heterocycles. The minimum atomic E-state index is -1.19. The minimum Gasteiger partial charge on any atom is -0.549 e. The van der Waals surface area contributed by atoms with Gasteiger partial charge in [0.2, 0.25) is 5.16 Å². The molecule has 0 amide bonds. The highest BCUT2D eigenvalue weighted by Crippen LogP contribution is 2.26. The predicted molar refractivity (Wildman–Crippen MR) is 94.2 cm³/mol. The Bertz CT molecular complexity index is 931. The number of aryl methyl sites for hydroxylation is 1. The first-order valence-electron chi connectivity index (χ1n) is 7.59. The summed E-state index contributed by atoms with van der Waals surface area (Å²) in [5.74, 6) is 0.424. The number of benzene rings is 1. The molecule has 0 aliphatic rings. The van der Waals surface area contributed by atoms with Gasteiger partial charge in [-0.25, -0.2) is 0 Å². The molecule has 2 heterocycles. The third-order valence-electron chi connectivity index (χ3n) is 3.47. The molecule has 0 bridgehead atoms. The van der Waals surface area contributed by atoms with Crippen molar-refractivity contribution < 1.29 is 19.1 Å². The van der Waals surface area contributed by atoms with Crippen LogP contribution in [0.3, 0.4) is 0 Å². The lowest BCUT2D eigenvalue weighted by molar-refractivity contribution is -0.301. The van der Waals surface area contributed by atoms with Gasteiger partial charge in [0, 0.05) is 5.75 Å². The predicted octanol–water partition coefficient (Wildman–Crippen LogP) is 1.58. The van der Waals surface area contributed by atoms with Crippen molar-refractivity contribution in [3.05, 3.63) is 47.9 Å². The fourth-order valence-electron chi connectivity index (χ4n) is 2.18. The van der Waals surface area contributed by atoms with Gasteiger partial charge in [0.1, 0.15) is 11.5 Å². The van der Waals surface area contributed by atoms with Gasteiger partial charge in [-0.05, 0) is 42.8 Å². The molecule has 9 heteroatoms. The van der Waals surface area contributed by atoms with Crippen molar-refractivity contribution in [2.75, 3.05) is 12.9 Å². The topological polar surface area (TPSA) is 106 Å². The normalized spacial score (nSPS) is 11.2. The zero-order chi connectivity index (χ0) is 18.5. The molecule has 0 atom stereocenters. The molecular formula is C17H15N4O4S-. The number of aliphatic carboxylic acids is 1. The summed E-state index contributed by atoms with van der Waals surface area (Å²) >= 11 is 0.983. The number of carboxylic acid groups (broad SMARTS) is 1. The number of aromatic nitrogens is 3. The lowest BCUT2D eigenvalue weighted by atomic mass is 10.2. The van der Waals surface area contributed by atoms with Gasteiger partial charge in [-0.1, -0.05) is 11.8 Å². The molecule has 0 radical (unpaired) electrons. The maximum absolute atomic E-state index is 10.8. The van der Waals surface area contributed by atoms with Crippen molar-refractivity contribution in [2.45, 2.75) is 12.1 Å². The number of hydrogen-bond acceptors (Lipinski definition) is 8. The molecule has 0 spiro atoms. The van der Waals surface area contributed by atoms with Crippen LogP contribution in [0, 0.1) is 6.92 Å². The van der Waals surface area contributed by atoms with E-state index in [0.29, 0.717) is 16.7 Å². The molecule has 0 saturated heterocycles. The van der Waals surface area contributed by atoms with Gasteiger partial charge in [0.25, 0.3) is 0 Å². The van der Waals surface area contributed by atoms with Crippen LogP contribution in [0.5, 0.6) is 5.75 Å². The van der Waals surface area contributed by atoms with Crippen LogP contribution < -0.4 is 9.84 Å². The first kappa shape index (κ1) is 17.7. The van der Waals surface area contributed by atoms with Crippen LogP contribution in [0.15, 0.2) is 51.3 Å². The summed E-state index contributed by atoms with van der Waals surface area (Å²) in [6, 6.07) is 9.10. The monoisotopic (exact) mass is 371 g/mol. The van der Waals surface area contributed by atoms with Gasteiger partial charge in [-0.2, -0.15) is 9.78 Å². The summed E-state index contributed by atoms with van der Waals surface area (Å²) in [6.45, 7) is 1.80. The largest absolute Gasteiger partial charge is 0.549 e. The molecule has 0 aliphatic heterocycles. The van der Waals surface area contributed by atoms with Crippen molar-refractivity contribution in [1.82, 2.24) is 14.9 Å². The second kappa shape index (κ2) is 7.87. The summed E-state index contributed by atoms with van der Waals surface area (Å²) in [5.41, 5.74) is 1.56. The standard InChI is InChI=1S/C17H16N4O4S/c1-11-14(7-8-25-11)16-19-20-17(26-10-15(22)23)21(16)18-9-12-3-5-13(24-2)6-4-12/h3-9H,10H2,1-2H3,(H,22,23)/p-1/b18-9-. The quantitative estimate of drug-likeness (QED) is 0.458. The highest BCUT2D eigenvalue weighted by atomic mass is 32.2. The van der Waals surface area contributed by atoms with Crippen molar-refractivity contribution >= 4 is 23.9 Å². The van der Waals surface area contributed by atoms with Crippen LogP contribution in [0.4, 0.5) is 0 Å². The van der Waals surface area contributed by atoms with E-state index in [1.165, 1.54) is 4.68 Å². The second-order valence-electron chi connectivity index (χ2n) is 5.19. The zero-order valence-electron chi connectivity index (χ0n) is 14.1. The van der Waals surface area contributed by atoms with E-state index in [0.717, 1.165) is 28.6 Å². The number of furan rings is 1. The lowest BCUT2D eigenvalue weighted by Gasteiger charge is -2.04. The average molecular weight is 371 g/mol. The third kappa shape index (κ3) is 3.94. The van der Waals surface area contributed by atoms with Crippen LogP contribution in [0.25, 0.3) is 11.4 Å². The van der Waals surface area contributed by atoms with E-state index in [1.807, 2.05) is 24.3 Å². The fraction of sp³-hybridized carbons (Fsp3) is 0.176. The van der Waals surface area contributed by atoms with E-state index in [4.69, 9.17) is 9.15 Å². The van der Waals surface area contributed by atoms with Crippen LogP contribution in [0.2, 0.25) is 0 Å². The Hall–Kier alpha value is -3.07. The van der Waals surface area contributed by atoms with Crippen LogP contribution in [0.1, 0.15) is 11.3 Å². The number of carboxylic acids is 1. The van der Waals surface area contributed by atoms with Crippen molar-refractivity contribution in [2.24, 2.45) is 5.10 Å². The van der Waals surface area contributed by atoms with Gasteiger partial charge in [-0.3, -0.25) is 0 Å². The number of hydrogen-bond donors (Lipinski definition) is 0. The van der Waals surface area contributed by atoms with Crippen molar-refractivity contribution in [3.63, 3.8) is 0 Å². The molecule has 3 aromatic rings. The van der Waals surface area contributed by atoms with Gasteiger partial charge in [0.15, 0.2) is 5.82 Å². The minimum absolute atomic E-state index is 0.249. The summed E-state index contributed by atoms with van der Waals surface area (Å²) in [6.07, 6.45) is 3.18. The lowest BCUT2D eigenvalue weighted by Crippen LogP contribution is -2.24. The zero-order valence-corrected chi connectivity index (χ0v) is 14.9. The number of ether oxygens (including phenoxy) is 1. The fourth-order valence-corrected chi connectivity index (χ4v) is 2.78. The molecule has 0 N–H and O–H groups in total. The Labute approximate surface area is 153 Å². The molecule has 8 nitrogen and oxygen atoms in total. The summed E-state index contributed by atoms with van der Waals surface area (Å²) in [7, 11) is 1.60. The van der Waals surface area contributed by atoms with Gasteiger partial charge in [-0.15, -0.1) is 10.2 Å². The Morgan fingerprint density at radius 2 is 2.12 bits per heavy atom. The van der Waals surface area contributed by atoms with Crippen LogP contribution in [-0.2, 0) is 4.79 Å². The van der Waals surface area contributed by atoms with E-state index in [-0.39, 0.29) is 5.75 Å². The first-order chi connectivity index (χ1) is 12.6. The smallest absolute Gasteiger partial charge is 0.212 e. The molecule has 3 rings (SSSR count). The van der Waals surface area contributed by atoms with Crippen LogP contribution in [-0.4, -0.2) is 39.9 Å². The Morgan fingerprint density at radius 3 is 2.73 bits per heavy atom. The molecule has 26 heavy (non-hydrogen) atoms. The number of rotatable bonds is 7. The van der Waals surface area contributed by atoms with Crippen molar-refractivity contribution in [3.8, 4) is 17.1 Å². The molecule has 1 aromatic carbocycles. The van der Waals surface area contributed by atoms with Gasteiger partial charge in [0.05, 0.1) is 31.1 Å². The molecule has 0 fully saturated rings. The van der Waals surface area contributed by atoms with E-state index < -0.39 is 5.97 Å². The van der Waals surface area contributed by atoms with Gasteiger partial charge < -0.3 is 19.1 Å². The molecule has 0 saturated carbocycles. The van der Waals surface area contributed by atoms with E-state index in [2.05, 4.69) is 15.3 Å². The summed E-state index contributed by atoms with van der Waals surface area (Å²) in [4.78, 5) is 10.8. The summed E-state index contributed by atoms with van der Waals surface area (Å²) < 4.78 is 11.9. The Kier molecular flexibility index (Phi) is 5.37. The van der Waals surface area contributed by atoms with E-state index >= 15 is 0 Å². The molecule has 134 valence electrons. The number of carbonyl (C=O) groups is 1. The summed E-state index contributed by atoms with van der Waals surface area (Å²) in [5, 5.41) is 23.7. The number of methoxy groups -OCH3 is 1. The third-order valence-corrected chi connectivity index (χ3v) is 4.36. The van der Waals surface area contributed by atoms with E-state index in [9.17, 15) is 9.90 Å². The van der Waals surface area contributed by atoms with Crippen molar-refractivity contribution in [1.29, 1.82) is 0 Å². The molecule has 0 aliphatic carbocycles. The molecule has 0 unspecified atom stereocenters. The van der Waals surface area contributed by atoms with Gasteiger partial charge >= 0.3 is 0 Å². The highest BCUT2D eigenvalue weighted by molar-refractivity contribution is 7.99. The number of thioether (sulfide) groups is 1. The highest BCUT2D eigenvalue weighted by Gasteiger charge is 2.17. The Morgan fingerprint density at radius 1 is 1.35 bits per heavy atom.